The van der Waals surface area contributed by atoms with Crippen LogP contribution in [0.15, 0.2) is 54.7 Å². The molecule has 0 spiro atoms. The predicted molar refractivity (Wildman–Crippen MR) is 87.6 cm³/mol. The van der Waals surface area contributed by atoms with E-state index in [9.17, 15) is 10.1 Å². The minimum absolute atomic E-state index is 0.0273. The van der Waals surface area contributed by atoms with Gasteiger partial charge in [0, 0.05) is 21.2 Å². The highest BCUT2D eigenvalue weighted by Crippen LogP contribution is 2.32. The summed E-state index contributed by atoms with van der Waals surface area (Å²) in [6.07, 6.45) is 1.51. The van der Waals surface area contributed by atoms with Crippen LogP contribution in [0.3, 0.4) is 0 Å². The number of hydrogen-bond donors (Lipinski definition) is 0. The molecule has 104 valence electrons. The van der Waals surface area contributed by atoms with E-state index >= 15 is 0 Å². The Morgan fingerprint density at radius 3 is 2.57 bits per heavy atom. The summed E-state index contributed by atoms with van der Waals surface area (Å²) >= 11 is 2.21. The fourth-order valence-electron chi connectivity index (χ4n) is 2.00. The SMILES string of the molecule is O=[N+]([O-])c1cccc2c(Oc3ccc(I)cc3)ccnc12. The topological polar surface area (TPSA) is 65.3 Å². The van der Waals surface area contributed by atoms with Crippen molar-refractivity contribution in [2.24, 2.45) is 0 Å². The van der Waals surface area contributed by atoms with Crippen molar-refractivity contribution in [3.05, 3.63) is 68.4 Å². The van der Waals surface area contributed by atoms with Crippen LogP contribution in [0.4, 0.5) is 5.69 Å². The highest BCUT2D eigenvalue weighted by molar-refractivity contribution is 14.1. The molecule has 3 rings (SSSR count). The van der Waals surface area contributed by atoms with Crippen LogP contribution in [0.1, 0.15) is 0 Å². The molecule has 0 aliphatic carbocycles. The Morgan fingerprint density at radius 1 is 1.10 bits per heavy atom. The van der Waals surface area contributed by atoms with Crippen LogP contribution >= 0.6 is 22.6 Å². The summed E-state index contributed by atoms with van der Waals surface area (Å²) in [7, 11) is 0. The van der Waals surface area contributed by atoms with Crippen molar-refractivity contribution < 1.29 is 9.66 Å². The van der Waals surface area contributed by atoms with Gasteiger partial charge in [-0.2, -0.15) is 0 Å². The first-order chi connectivity index (χ1) is 10.1. The van der Waals surface area contributed by atoms with Crippen LogP contribution in [-0.2, 0) is 0 Å². The van der Waals surface area contributed by atoms with Crippen LogP contribution < -0.4 is 4.74 Å². The number of hydrogen-bond acceptors (Lipinski definition) is 4. The largest absolute Gasteiger partial charge is 0.457 e. The molecule has 3 aromatic rings. The van der Waals surface area contributed by atoms with E-state index in [-0.39, 0.29) is 5.69 Å². The van der Waals surface area contributed by atoms with Gasteiger partial charge in [0.2, 0.25) is 0 Å². The van der Waals surface area contributed by atoms with Gasteiger partial charge in [-0.15, -0.1) is 0 Å². The van der Waals surface area contributed by atoms with Gasteiger partial charge in [0.15, 0.2) is 5.52 Å². The molecule has 0 aliphatic heterocycles. The standard InChI is InChI=1S/C15H9IN2O3/c16-10-4-6-11(7-5-10)21-14-8-9-17-15-12(14)2-1-3-13(15)18(19)20/h1-9H. The van der Waals surface area contributed by atoms with Crippen LogP contribution in [0.2, 0.25) is 0 Å². The highest BCUT2D eigenvalue weighted by atomic mass is 127. The van der Waals surface area contributed by atoms with E-state index in [1.807, 2.05) is 24.3 Å². The minimum atomic E-state index is -0.440. The van der Waals surface area contributed by atoms with Crippen molar-refractivity contribution >= 4 is 39.2 Å². The van der Waals surface area contributed by atoms with Crippen LogP contribution in [0.25, 0.3) is 10.9 Å². The first-order valence-electron chi connectivity index (χ1n) is 6.11. The third-order valence-corrected chi connectivity index (χ3v) is 3.67. The van der Waals surface area contributed by atoms with Crippen molar-refractivity contribution in [3.8, 4) is 11.5 Å². The monoisotopic (exact) mass is 392 g/mol. The molecule has 1 aromatic heterocycles. The molecule has 0 aliphatic rings. The Hall–Kier alpha value is -2.22. The van der Waals surface area contributed by atoms with Crippen molar-refractivity contribution in [2.75, 3.05) is 0 Å². The zero-order valence-electron chi connectivity index (χ0n) is 10.7. The summed E-state index contributed by atoms with van der Waals surface area (Å²) in [5.41, 5.74) is 0.297. The Kier molecular flexibility index (Phi) is 3.70. The number of para-hydroxylation sites is 1. The molecular formula is C15H9IN2O3. The highest BCUT2D eigenvalue weighted by Gasteiger charge is 2.15. The fourth-order valence-corrected chi connectivity index (χ4v) is 2.36. The maximum absolute atomic E-state index is 11.0. The molecule has 0 amide bonds. The molecule has 0 fully saturated rings. The summed E-state index contributed by atoms with van der Waals surface area (Å²) in [6.45, 7) is 0. The predicted octanol–water partition coefficient (Wildman–Crippen LogP) is 4.54. The second-order valence-electron chi connectivity index (χ2n) is 4.30. The van der Waals surface area contributed by atoms with Gasteiger partial charge in [-0.25, -0.2) is 4.98 Å². The van der Waals surface area contributed by atoms with Crippen LogP contribution in [0.5, 0.6) is 11.5 Å². The van der Waals surface area contributed by atoms with Gasteiger partial charge in [0.25, 0.3) is 5.69 Å². The lowest BCUT2D eigenvalue weighted by atomic mass is 10.2. The number of benzene rings is 2. The van der Waals surface area contributed by atoms with Crippen molar-refractivity contribution in [1.29, 1.82) is 0 Å². The molecule has 0 unspecified atom stereocenters. The summed E-state index contributed by atoms with van der Waals surface area (Å²) in [5, 5.41) is 11.7. The smallest absolute Gasteiger partial charge is 0.295 e. The van der Waals surface area contributed by atoms with Crippen molar-refractivity contribution in [3.63, 3.8) is 0 Å². The number of pyridine rings is 1. The number of ether oxygens (including phenoxy) is 1. The summed E-state index contributed by atoms with van der Waals surface area (Å²) < 4.78 is 6.92. The van der Waals surface area contributed by atoms with Gasteiger partial charge in [-0.3, -0.25) is 10.1 Å². The van der Waals surface area contributed by atoms with E-state index in [0.717, 1.165) is 3.57 Å². The number of rotatable bonds is 3. The lowest BCUT2D eigenvalue weighted by molar-refractivity contribution is -0.383. The molecule has 21 heavy (non-hydrogen) atoms. The molecule has 0 saturated carbocycles. The van der Waals surface area contributed by atoms with E-state index in [2.05, 4.69) is 27.6 Å². The van der Waals surface area contributed by atoms with E-state index in [4.69, 9.17) is 4.74 Å². The number of nitro benzene ring substituents is 1. The second kappa shape index (κ2) is 5.65. The maximum atomic E-state index is 11.0. The second-order valence-corrected chi connectivity index (χ2v) is 5.54. The molecule has 5 nitrogen and oxygen atoms in total. The molecule has 0 saturated heterocycles. The van der Waals surface area contributed by atoms with Gasteiger partial charge in [-0.1, -0.05) is 6.07 Å². The molecule has 0 radical (unpaired) electrons. The third-order valence-electron chi connectivity index (χ3n) is 2.95. The van der Waals surface area contributed by atoms with Gasteiger partial charge < -0.3 is 4.74 Å². The average molecular weight is 392 g/mol. The van der Waals surface area contributed by atoms with Gasteiger partial charge in [-0.05, 0) is 59.0 Å². The van der Waals surface area contributed by atoms with Crippen LogP contribution in [-0.4, -0.2) is 9.91 Å². The minimum Gasteiger partial charge on any atom is -0.457 e. The van der Waals surface area contributed by atoms with E-state index in [0.29, 0.717) is 22.4 Å². The lowest BCUT2D eigenvalue weighted by Crippen LogP contribution is -1.93. The van der Waals surface area contributed by atoms with Gasteiger partial charge >= 0.3 is 0 Å². The quantitative estimate of drug-likeness (QED) is 0.373. The number of nitro groups is 1. The molecule has 0 N–H and O–H groups in total. The lowest BCUT2D eigenvalue weighted by Gasteiger charge is -2.08. The van der Waals surface area contributed by atoms with Crippen molar-refractivity contribution in [2.45, 2.75) is 0 Å². The van der Waals surface area contributed by atoms with E-state index < -0.39 is 4.92 Å². The normalized spacial score (nSPS) is 10.5. The number of nitrogens with zero attached hydrogens (tertiary/aromatic N) is 2. The van der Waals surface area contributed by atoms with Crippen molar-refractivity contribution in [1.82, 2.24) is 4.98 Å². The number of aromatic nitrogens is 1. The zero-order valence-corrected chi connectivity index (χ0v) is 12.9. The van der Waals surface area contributed by atoms with Crippen LogP contribution in [0, 0.1) is 13.7 Å². The fraction of sp³-hybridized carbons (Fsp3) is 0. The number of fused-ring (bicyclic) bond motifs is 1. The summed E-state index contributed by atoms with van der Waals surface area (Å²) in [6, 6.07) is 14.1. The Balaban J connectivity index is 2.09. The maximum Gasteiger partial charge on any atom is 0.295 e. The third kappa shape index (κ3) is 2.80. The van der Waals surface area contributed by atoms with Gasteiger partial charge in [0.05, 0.1) is 4.92 Å². The first-order valence-corrected chi connectivity index (χ1v) is 7.18. The average Bonchev–Trinajstić information content (AvgIpc) is 2.49. The molecule has 2 aromatic carbocycles. The van der Waals surface area contributed by atoms with E-state index in [1.54, 1.807) is 18.2 Å². The molecule has 1 heterocycles. The van der Waals surface area contributed by atoms with E-state index in [1.165, 1.54) is 12.3 Å². The summed E-state index contributed by atoms with van der Waals surface area (Å²) in [4.78, 5) is 14.7. The molecular weight excluding hydrogens is 383 g/mol. The zero-order chi connectivity index (χ0) is 14.8. The Labute approximate surface area is 133 Å². The first kappa shape index (κ1) is 13.7. The van der Waals surface area contributed by atoms with Gasteiger partial charge in [0.1, 0.15) is 11.5 Å². The Morgan fingerprint density at radius 2 is 1.86 bits per heavy atom. The molecule has 0 atom stereocenters. The summed E-state index contributed by atoms with van der Waals surface area (Å²) in [5.74, 6) is 1.22. The number of halogens is 1. The molecule has 0 bridgehead atoms. The number of non-ortho nitro benzene ring substituents is 1. The Bertz CT molecular complexity index is 819. The molecule has 6 heteroatoms.